The fraction of sp³-hybridized carbons (Fsp3) is 0.400. The van der Waals surface area contributed by atoms with E-state index in [1.54, 1.807) is 0 Å². The van der Waals surface area contributed by atoms with Crippen molar-refractivity contribution in [2.45, 2.75) is 13.0 Å². The van der Waals surface area contributed by atoms with Crippen molar-refractivity contribution in [3.8, 4) is 5.75 Å². The van der Waals surface area contributed by atoms with Crippen molar-refractivity contribution in [1.82, 2.24) is 0 Å². The summed E-state index contributed by atoms with van der Waals surface area (Å²) in [7, 11) is 0. The molecule has 0 aliphatic heterocycles. The maximum Gasteiger partial charge on any atom is 0.119 e. The molecule has 0 bridgehead atoms. The Morgan fingerprint density at radius 2 is 2.00 bits per heavy atom. The molecule has 0 saturated carbocycles. The summed E-state index contributed by atoms with van der Waals surface area (Å²) in [6.07, 6.45) is 0. The molecule has 13 heavy (non-hydrogen) atoms. The fourth-order valence-electron chi connectivity index (χ4n) is 1.08. The van der Waals surface area contributed by atoms with Gasteiger partial charge in [0.05, 0.1) is 19.3 Å². The maximum absolute atomic E-state index is 8.80. The van der Waals surface area contributed by atoms with Gasteiger partial charge in [0.25, 0.3) is 0 Å². The van der Waals surface area contributed by atoms with Gasteiger partial charge >= 0.3 is 0 Å². The monoisotopic (exact) mass is 181 g/mol. The van der Waals surface area contributed by atoms with Gasteiger partial charge in [-0.15, -0.1) is 0 Å². The Hall–Kier alpha value is -1.06. The Bertz CT molecular complexity index is 246. The quantitative estimate of drug-likeness (QED) is 0.730. The van der Waals surface area contributed by atoms with Crippen LogP contribution >= 0.6 is 0 Å². The Balaban J connectivity index is 2.69. The van der Waals surface area contributed by atoms with Crippen LogP contribution in [0.2, 0.25) is 0 Å². The van der Waals surface area contributed by atoms with Crippen LogP contribution in [0.1, 0.15) is 18.5 Å². The lowest BCUT2D eigenvalue weighted by molar-refractivity contribution is 0.268. The highest BCUT2D eigenvalue weighted by atomic mass is 16.5. The standard InChI is InChI=1S/C10H15NO2/c1-2-13-9-5-3-8(4-6-9)10(11)7-12/h3-6,10,12H,2,7,11H2,1H3. The predicted molar refractivity (Wildman–Crippen MR) is 51.6 cm³/mol. The zero-order valence-corrected chi connectivity index (χ0v) is 7.73. The molecule has 0 aliphatic rings. The van der Waals surface area contributed by atoms with Gasteiger partial charge < -0.3 is 15.6 Å². The molecule has 0 radical (unpaired) electrons. The molecular weight excluding hydrogens is 166 g/mol. The molecule has 0 amide bonds. The van der Waals surface area contributed by atoms with Gasteiger partial charge in [0.15, 0.2) is 0 Å². The van der Waals surface area contributed by atoms with Crippen molar-refractivity contribution in [1.29, 1.82) is 0 Å². The van der Waals surface area contributed by atoms with Crippen LogP contribution in [0, 0.1) is 0 Å². The summed E-state index contributed by atoms with van der Waals surface area (Å²) in [4.78, 5) is 0. The van der Waals surface area contributed by atoms with Crippen LogP contribution in [0.4, 0.5) is 0 Å². The summed E-state index contributed by atoms with van der Waals surface area (Å²) < 4.78 is 5.27. The van der Waals surface area contributed by atoms with Crippen molar-refractivity contribution < 1.29 is 9.84 Å². The van der Waals surface area contributed by atoms with Crippen LogP contribution in [0.3, 0.4) is 0 Å². The molecule has 0 fully saturated rings. The summed E-state index contributed by atoms with van der Waals surface area (Å²) >= 11 is 0. The van der Waals surface area contributed by atoms with Crippen LogP contribution < -0.4 is 10.5 Å². The number of ether oxygens (including phenoxy) is 1. The van der Waals surface area contributed by atoms with E-state index in [-0.39, 0.29) is 12.6 Å². The lowest BCUT2D eigenvalue weighted by Gasteiger charge is -2.09. The van der Waals surface area contributed by atoms with E-state index in [1.165, 1.54) is 0 Å². The van der Waals surface area contributed by atoms with E-state index in [0.717, 1.165) is 11.3 Å². The first-order valence-electron chi connectivity index (χ1n) is 4.37. The molecule has 1 rings (SSSR count). The number of hydrogen-bond acceptors (Lipinski definition) is 3. The topological polar surface area (TPSA) is 55.5 Å². The largest absolute Gasteiger partial charge is 0.494 e. The summed E-state index contributed by atoms with van der Waals surface area (Å²) in [5.74, 6) is 0.830. The molecule has 1 atom stereocenters. The number of aliphatic hydroxyl groups is 1. The van der Waals surface area contributed by atoms with Crippen molar-refractivity contribution in [2.24, 2.45) is 5.73 Å². The molecule has 1 aromatic carbocycles. The number of nitrogens with two attached hydrogens (primary N) is 1. The molecule has 1 aromatic rings. The smallest absolute Gasteiger partial charge is 0.119 e. The second-order valence-electron chi connectivity index (χ2n) is 2.79. The number of aliphatic hydroxyl groups excluding tert-OH is 1. The van der Waals surface area contributed by atoms with Crippen LogP contribution in [-0.2, 0) is 0 Å². The first kappa shape index (κ1) is 10.0. The molecule has 1 unspecified atom stereocenters. The minimum absolute atomic E-state index is 0.0337. The van der Waals surface area contributed by atoms with E-state index in [2.05, 4.69) is 0 Å². The molecule has 72 valence electrons. The number of hydrogen-bond donors (Lipinski definition) is 2. The Morgan fingerprint density at radius 1 is 1.38 bits per heavy atom. The SMILES string of the molecule is CCOc1ccc(C(N)CO)cc1. The van der Waals surface area contributed by atoms with E-state index in [0.29, 0.717) is 6.61 Å². The van der Waals surface area contributed by atoms with E-state index >= 15 is 0 Å². The number of benzene rings is 1. The third-order valence-electron chi connectivity index (χ3n) is 1.82. The zero-order chi connectivity index (χ0) is 9.68. The highest BCUT2D eigenvalue weighted by Gasteiger charge is 2.03. The zero-order valence-electron chi connectivity index (χ0n) is 7.73. The number of rotatable bonds is 4. The molecule has 0 saturated heterocycles. The Morgan fingerprint density at radius 3 is 2.46 bits per heavy atom. The minimum Gasteiger partial charge on any atom is -0.494 e. The van der Waals surface area contributed by atoms with E-state index in [1.807, 2.05) is 31.2 Å². The van der Waals surface area contributed by atoms with Crippen LogP contribution in [0.15, 0.2) is 24.3 Å². The molecule has 3 N–H and O–H groups in total. The first-order chi connectivity index (χ1) is 6.27. The molecule has 0 aliphatic carbocycles. The van der Waals surface area contributed by atoms with Crippen molar-refractivity contribution in [2.75, 3.05) is 13.2 Å². The molecule has 0 spiro atoms. The average molecular weight is 181 g/mol. The fourth-order valence-corrected chi connectivity index (χ4v) is 1.08. The van der Waals surface area contributed by atoms with Gasteiger partial charge in [0, 0.05) is 0 Å². The van der Waals surface area contributed by atoms with E-state index < -0.39 is 0 Å². The average Bonchev–Trinajstić information content (AvgIpc) is 2.18. The van der Waals surface area contributed by atoms with Gasteiger partial charge in [-0.3, -0.25) is 0 Å². The maximum atomic E-state index is 8.80. The third-order valence-corrected chi connectivity index (χ3v) is 1.82. The highest BCUT2D eigenvalue weighted by molar-refractivity contribution is 5.28. The lowest BCUT2D eigenvalue weighted by Crippen LogP contribution is -2.14. The van der Waals surface area contributed by atoms with Crippen molar-refractivity contribution in [3.05, 3.63) is 29.8 Å². The second-order valence-corrected chi connectivity index (χ2v) is 2.79. The Labute approximate surface area is 78.1 Å². The minimum atomic E-state index is -0.296. The predicted octanol–water partition coefficient (Wildman–Crippen LogP) is 1.08. The van der Waals surface area contributed by atoms with Crippen LogP contribution in [0.25, 0.3) is 0 Å². The summed E-state index contributed by atoms with van der Waals surface area (Å²) in [6.45, 7) is 2.56. The van der Waals surface area contributed by atoms with Crippen molar-refractivity contribution in [3.63, 3.8) is 0 Å². The van der Waals surface area contributed by atoms with E-state index in [9.17, 15) is 0 Å². The summed E-state index contributed by atoms with van der Waals surface area (Å²) in [5, 5.41) is 8.80. The van der Waals surface area contributed by atoms with Gasteiger partial charge in [0.1, 0.15) is 5.75 Å². The molecule has 0 heterocycles. The van der Waals surface area contributed by atoms with Crippen LogP contribution in [0.5, 0.6) is 5.75 Å². The first-order valence-corrected chi connectivity index (χ1v) is 4.37. The van der Waals surface area contributed by atoms with Crippen LogP contribution in [-0.4, -0.2) is 18.3 Å². The summed E-state index contributed by atoms with van der Waals surface area (Å²) in [5.41, 5.74) is 6.55. The van der Waals surface area contributed by atoms with Gasteiger partial charge in [-0.05, 0) is 24.6 Å². The molecule has 0 aromatic heterocycles. The Kier molecular flexibility index (Phi) is 3.73. The third kappa shape index (κ3) is 2.72. The molecule has 3 nitrogen and oxygen atoms in total. The van der Waals surface area contributed by atoms with Gasteiger partial charge in [-0.25, -0.2) is 0 Å². The lowest BCUT2D eigenvalue weighted by atomic mass is 10.1. The normalized spacial score (nSPS) is 12.5. The van der Waals surface area contributed by atoms with Gasteiger partial charge in [-0.2, -0.15) is 0 Å². The second kappa shape index (κ2) is 4.84. The summed E-state index contributed by atoms with van der Waals surface area (Å²) in [6, 6.07) is 7.15. The highest BCUT2D eigenvalue weighted by Crippen LogP contribution is 2.15. The molecular formula is C10H15NO2. The molecule has 3 heteroatoms. The van der Waals surface area contributed by atoms with E-state index in [4.69, 9.17) is 15.6 Å². The van der Waals surface area contributed by atoms with Gasteiger partial charge in [0.2, 0.25) is 0 Å². The van der Waals surface area contributed by atoms with Crippen molar-refractivity contribution >= 4 is 0 Å². The van der Waals surface area contributed by atoms with Gasteiger partial charge in [-0.1, -0.05) is 12.1 Å².